The predicted molar refractivity (Wildman–Crippen MR) is 84.8 cm³/mol. The van der Waals surface area contributed by atoms with Crippen molar-refractivity contribution in [3.8, 4) is 40.2 Å². The summed E-state index contributed by atoms with van der Waals surface area (Å²) in [7, 11) is 4.58. The van der Waals surface area contributed by atoms with E-state index in [0.717, 1.165) is 0 Å². The minimum absolute atomic E-state index is 0.286. The summed E-state index contributed by atoms with van der Waals surface area (Å²) in [5, 5.41) is 8.02. The van der Waals surface area contributed by atoms with Crippen LogP contribution in [0.5, 0.6) is 17.2 Å². The number of rotatable bonds is 5. The SMILES string of the molecule is COc1cc(-c2nnc(-c3ccc(F)cc3)o2)cc(OC)c1OC. The van der Waals surface area contributed by atoms with Crippen LogP contribution in [0.2, 0.25) is 0 Å². The highest BCUT2D eigenvalue weighted by Crippen LogP contribution is 2.41. The molecule has 0 atom stereocenters. The van der Waals surface area contributed by atoms with Gasteiger partial charge in [-0.15, -0.1) is 10.2 Å². The van der Waals surface area contributed by atoms with Crippen molar-refractivity contribution in [2.45, 2.75) is 0 Å². The van der Waals surface area contributed by atoms with Gasteiger partial charge in [0.2, 0.25) is 17.5 Å². The van der Waals surface area contributed by atoms with E-state index in [-0.39, 0.29) is 11.7 Å². The Labute approximate surface area is 137 Å². The molecule has 1 heterocycles. The molecular formula is C17H15FN2O4. The molecule has 0 spiro atoms. The van der Waals surface area contributed by atoms with Gasteiger partial charge >= 0.3 is 0 Å². The minimum Gasteiger partial charge on any atom is -0.493 e. The zero-order chi connectivity index (χ0) is 17.1. The van der Waals surface area contributed by atoms with Crippen LogP contribution in [-0.4, -0.2) is 31.5 Å². The molecule has 0 amide bonds. The van der Waals surface area contributed by atoms with Crippen LogP contribution in [0, 0.1) is 5.82 Å². The zero-order valence-corrected chi connectivity index (χ0v) is 13.4. The second-order valence-electron chi connectivity index (χ2n) is 4.83. The Kier molecular flexibility index (Phi) is 4.33. The lowest BCUT2D eigenvalue weighted by atomic mass is 10.2. The predicted octanol–water partition coefficient (Wildman–Crippen LogP) is 3.57. The Bertz CT molecular complexity index is 821. The number of methoxy groups -OCH3 is 3. The minimum atomic E-state index is -0.330. The molecule has 0 bridgehead atoms. The Morgan fingerprint density at radius 1 is 0.792 bits per heavy atom. The van der Waals surface area contributed by atoms with Crippen LogP contribution in [0.3, 0.4) is 0 Å². The average molecular weight is 330 g/mol. The Balaban J connectivity index is 2.02. The second kappa shape index (κ2) is 6.57. The molecule has 6 nitrogen and oxygen atoms in total. The molecule has 0 saturated carbocycles. The molecule has 3 rings (SSSR count). The van der Waals surface area contributed by atoms with E-state index in [1.807, 2.05) is 0 Å². The summed E-state index contributed by atoms with van der Waals surface area (Å²) in [6.07, 6.45) is 0. The molecular weight excluding hydrogens is 315 g/mol. The summed E-state index contributed by atoms with van der Waals surface area (Å²) in [6, 6.07) is 9.23. The summed E-state index contributed by atoms with van der Waals surface area (Å²) < 4.78 is 34.6. The van der Waals surface area contributed by atoms with E-state index in [1.54, 1.807) is 24.3 Å². The summed E-state index contributed by atoms with van der Waals surface area (Å²) in [4.78, 5) is 0. The second-order valence-corrected chi connectivity index (χ2v) is 4.83. The van der Waals surface area contributed by atoms with Gasteiger partial charge in [0.25, 0.3) is 0 Å². The Hall–Kier alpha value is -3.09. The first-order valence-electron chi connectivity index (χ1n) is 7.06. The summed E-state index contributed by atoms with van der Waals surface area (Å²) >= 11 is 0. The van der Waals surface area contributed by atoms with E-state index in [4.69, 9.17) is 18.6 Å². The lowest BCUT2D eigenvalue weighted by Gasteiger charge is -2.12. The third kappa shape index (κ3) is 2.88. The summed E-state index contributed by atoms with van der Waals surface area (Å²) in [5.41, 5.74) is 1.24. The fraction of sp³-hybridized carbons (Fsp3) is 0.176. The monoisotopic (exact) mass is 330 g/mol. The van der Waals surface area contributed by atoms with E-state index in [9.17, 15) is 4.39 Å². The van der Waals surface area contributed by atoms with Gasteiger partial charge in [-0.25, -0.2) is 4.39 Å². The standard InChI is InChI=1S/C17H15FN2O4/c1-21-13-8-11(9-14(22-2)15(13)23-3)17-20-19-16(24-17)10-4-6-12(18)7-5-10/h4-9H,1-3H3. The van der Waals surface area contributed by atoms with Crippen molar-refractivity contribution >= 4 is 0 Å². The van der Waals surface area contributed by atoms with Gasteiger partial charge in [-0.3, -0.25) is 0 Å². The average Bonchev–Trinajstić information content (AvgIpc) is 3.11. The number of hydrogen-bond acceptors (Lipinski definition) is 6. The lowest BCUT2D eigenvalue weighted by Crippen LogP contribution is -1.95. The normalized spacial score (nSPS) is 10.5. The Morgan fingerprint density at radius 2 is 1.33 bits per heavy atom. The van der Waals surface area contributed by atoms with Crippen LogP contribution >= 0.6 is 0 Å². The quantitative estimate of drug-likeness (QED) is 0.712. The van der Waals surface area contributed by atoms with E-state index in [0.29, 0.717) is 34.3 Å². The maximum absolute atomic E-state index is 13.0. The van der Waals surface area contributed by atoms with Crippen molar-refractivity contribution in [3.05, 3.63) is 42.2 Å². The Morgan fingerprint density at radius 3 is 1.83 bits per heavy atom. The van der Waals surface area contributed by atoms with Gasteiger partial charge in [0, 0.05) is 11.1 Å². The molecule has 0 unspecified atom stereocenters. The number of halogens is 1. The van der Waals surface area contributed by atoms with Gasteiger partial charge in [0.1, 0.15) is 5.82 Å². The molecule has 24 heavy (non-hydrogen) atoms. The highest BCUT2D eigenvalue weighted by molar-refractivity contribution is 5.66. The molecule has 0 aliphatic carbocycles. The molecule has 0 radical (unpaired) electrons. The maximum atomic E-state index is 13.0. The topological polar surface area (TPSA) is 66.6 Å². The third-order valence-electron chi connectivity index (χ3n) is 3.43. The first-order chi connectivity index (χ1) is 11.7. The highest BCUT2D eigenvalue weighted by atomic mass is 19.1. The van der Waals surface area contributed by atoms with Crippen LogP contribution in [0.15, 0.2) is 40.8 Å². The molecule has 0 N–H and O–H groups in total. The number of ether oxygens (including phenoxy) is 3. The van der Waals surface area contributed by atoms with Crippen LogP contribution in [0.4, 0.5) is 4.39 Å². The molecule has 7 heteroatoms. The van der Waals surface area contributed by atoms with Gasteiger partial charge in [-0.1, -0.05) is 0 Å². The van der Waals surface area contributed by atoms with Crippen molar-refractivity contribution in [2.24, 2.45) is 0 Å². The fourth-order valence-corrected chi connectivity index (χ4v) is 2.25. The molecule has 2 aromatic carbocycles. The first kappa shape index (κ1) is 15.8. The smallest absolute Gasteiger partial charge is 0.248 e. The van der Waals surface area contributed by atoms with Gasteiger partial charge in [0.05, 0.1) is 21.3 Å². The maximum Gasteiger partial charge on any atom is 0.248 e. The molecule has 0 aliphatic heterocycles. The van der Waals surface area contributed by atoms with Crippen LogP contribution in [0.25, 0.3) is 22.9 Å². The molecule has 0 fully saturated rings. The van der Waals surface area contributed by atoms with Crippen molar-refractivity contribution in [1.29, 1.82) is 0 Å². The number of aromatic nitrogens is 2. The summed E-state index contributed by atoms with van der Waals surface area (Å²) in [6.45, 7) is 0. The zero-order valence-electron chi connectivity index (χ0n) is 13.4. The van der Waals surface area contributed by atoms with Crippen molar-refractivity contribution in [1.82, 2.24) is 10.2 Å². The van der Waals surface area contributed by atoms with Gasteiger partial charge in [-0.05, 0) is 36.4 Å². The summed E-state index contributed by atoms with van der Waals surface area (Å²) in [5.74, 6) is 1.68. The highest BCUT2D eigenvalue weighted by Gasteiger charge is 2.18. The third-order valence-corrected chi connectivity index (χ3v) is 3.43. The largest absolute Gasteiger partial charge is 0.493 e. The molecule has 3 aromatic rings. The fourth-order valence-electron chi connectivity index (χ4n) is 2.25. The van der Waals surface area contributed by atoms with Crippen molar-refractivity contribution < 1.29 is 23.0 Å². The van der Waals surface area contributed by atoms with Crippen LogP contribution in [-0.2, 0) is 0 Å². The first-order valence-corrected chi connectivity index (χ1v) is 7.06. The molecule has 124 valence electrons. The molecule has 0 aliphatic rings. The van der Waals surface area contributed by atoms with E-state index in [2.05, 4.69) is 10.2 Å². The number of nitrogens with zero attached hydrogens (tertiary/aromatic N) is 2. The molecule has 0 saturated heterocycles. The lowest BCUT2D eigenvalue weighted by molar-refractivity contribution is 0.324. The van der Waals surface area contributed by atoms with Crippen molar-refractivity contribution in [3.63, 3.8) is 0 Å². The number of hydrogen-bond donors (Lipinski definition) is 0. The van der Waals surface area contributed by atoms with E-state index < -0.39 is 0 Å². The van der Waals surface area contributed by atoms with E-state index >= 15 is 0 Å². The van der Waals surface area contributed by atoms with Crippen LogP contribution < -0.4 is 14.2 Å². The van der Waals surface area contributed by atoms with Gasteiger partial charge in [-0.2, -0.15) is 0 Å². The molecule has 1 aromatic heterocycles. The van der Waals surface area contributed by atoms with Crippen LogP contribution in [0.1, 0.15) is 0 Å². The van der Waals surface area contributed by atoms with Crippen molar-refractivity contribution in [2.75, 3.05) is 21.3 Å². The number of benzene rings is 2. The van der Waals surface area contributed by atoms with Gasteiger partial charge < -0.3 is 18.6 Å². The van der Waals surface area contributed by atoms with E-state index in [1.165, 1.54) is 33.5 Å². The van der Waals surface area contributed by atoms with Gasteiger partial charge in [0.15, 0.2) is 11.5 Å².